The first-order valence-corrected chi connectivity index (χ1v) is 10.5. The van der Waals surface area contributed by atoms with Crippen LogP contribution in [0.25, 0.3) is 11.1 Å². The minimum absolute atomic E-state index is 0.0752. The van der Waals surface area contributed by atoms with Crippen molar-refractivity contribution in [2.45, 2.75) is 45.6 Å². The average Bonchev–Trinajstić information content (AvgIpc) is 3.12. The van der Waals surface area contributed by atoms with Crippen LogP contribution in [0.3, 0.4) is 0 Å². The van der Waals surface area contributed by atoms with Gasteiger partial charge in [-0.25, -0.2) is 13.8 Å². The predicted octanol–water partition coefficient (Wildman–Crippen LogP) is 3.74. The van der Waals surface area contributed by atoms with Gasteiger partial charge in [0.15, 0.2) is 0 Å². The SMILES string of the molecule is CC(C)Cc1noc2nc(NC3CCN(C(=O)Cc4ccc(F)cc4F)CC3)ncc12. The molecule has 1 aliphatic heterocycles. The molecule has 0 spiro atoms. The first-order valence-electron chi connectivity index (χ1n) is 10.5. The maximum absolute atomic E-state index is 13.8. The van der Waals surface area contributed by atoms with E-state index in [4.69, 9.17) is 4.52 Å². The number of aromatic nitrogens is 3. The standard InChI is InChI=1S/C22H25F2N5O2/c1-13(2)9-19-17-12-25-22(27-21(17)31-28-19)26-16-5-7-29(8-6-16)20(30)10-14-3-4-15(23)11-18(14)24/h3-4,11-13,16H,5-10H2,1-2H3,(H,25,26,27). The number of carbonyl (C=O) groups is 1. The van der Waals surface area contributed by atoms with Crippen molar-refractivity contribution in [3.8, 4) is 0 Å². The van der Waals surface area contributed by atoms with Gasteiger partial charge in [0.1, 0.15) is 11.6 Å². The molecule has 0 aliphatic carbocycles. The van der Waals surface area contributed by atoms with Crippen LogP contribution in [0.1, 0.15) is 37.9 Å². The Kier molecular flexibility index (Phi) is 6.11. The number of hydrogen-bond donors (Lipinski definition) is 1. The van der Waals surface area contributed by atoms with Crippen LogP contribution in [0.4, 0.5) is 14.7 Å². The van der Waals surface area contributed by atoms with Gasteiger partial charge in [-0.1, -0.05) is 25.1 Å². The second-order valence-corrected chi connectivity index (χ2v) is 8.35. The van der Waals surface area contributed by atoms with E-state index in [-0.39, 0.29) is 23.9 Å². The van der Waals surface area contributed by atoms with Crippen LogP contribution in [-0.4, -0.2) is 45.1 Å². The molecule has 7 nitrogen and oxygen atoms in total. The monoisotopic (exact) mass is 429 g/mol. The highest BCUT2D eigenvalue weighted by molar-refractivity contribution is 5.79. The van der Waals surface area contributed by atoms with E-state index in [2.05, 4.69) is 34.3 Å². The summed E-state index contributed by atoms with van der Waals surface area (Å²) in [6.45, 7) is 5.32. The summed E-state index contributed by atoms with van der Waals surface area (Å²) >= 11 is 0. The molecule has 164 valence electrons. The molecule has 1 aromatic carbocycles. The first-order chi connectivity index (χ1) is 14.9. The zero-order valence-corrected chi connectivity index (χ0v) is 17.6. The fourth-order valence-electron chi connectivity index (χ4n) is 3.78. The van der Waals surface area contributed by atoms with Gasteiger partial charge in [0.05, 0.1) is 17.5 Å². The maximum Gasteiger partial charge on any atom is 0.262 e. The largest absolute Gasteiger partial charge is 0.351 e. The Labute approximate surface area is 178 Å². The van der Waals surface area contributed by atoms with Crippen LogP contribution in [0.15, 0.2) is 28.9 Å². The molecular weight excluding hydrogens is 404 g/mol. The molecular formula is C22H25F2N5O2. The highest BCUT2D eigenvalue weighted by Crippen LogP contribution is 2.21. The van der Waals surface area contributed by atoms with Crippen molar-refractivity contribution in [3.63, 3.8) is 0 Å². The van der Waals surface area contributed by atoms with Gasteiger partial charge in [-0.15, -0.1) is 0 Å². The van der Waals surface area contributed by atoms with Crippen LogP contribution in [0, 0.1) is 17.6 Å². The summed E-state index contributed by atoms with van der Waals surface area (Å²) in [5.74, 6) is -0.582. The number of anilines is 1. The number of likely N-dealkylation sites (tertiary alicyclic amines) is 1. The van der Waals surface area contributed by atoms with E-state index in [0.717, 1.165) is 23.6 Å². The normalized spacial score (nSPS) is 15.1. The number of carbonyl (C=O) groups excluding carboxylic acids is 1. The van der Waals surface area contributed by atoms with E-state index in [1.807, 2.05) is 0 Å². The smallest absolute Gasteiger partial charge is 0.262 e. The van der Waals surface area contributed by atoms with Gasteiger partial charge >= 0.3 is 0 Å². The predicted molar refractivity (Wildman–Crippen MR) is 111 cm³/mol. The Morgan fingerprint density at radius 3 is 2.77 bits per heavy atom. The number of nitrogens with zero attached hydrogens (tertiary/aromatic N) is 4. The fourth-order valence-corrected chi connectivity index (χ4v) is 3.78. The van der Waals surface area contributed by atoms with E-state index in [1.165, 1.54) is 12.1 Å². The molecule has 2 aromatic heterocycles. The molecule has 1 fully saturated rings. The molecule has 1 aliphatic rings. The van der Waals surface area contributed by atoms with Crippen LogP contribution in [-0.2, 0) is 17.6 Å². The molecule has 4 rings (SSSR count). The van der Waals surface area contributed by atoms with Crippen molar-refractivity contribution >= 4 is 23.0 Å². The zero-order valence-electron chi connectivity index (χ0n) is 17.6. The number of fused-ring (bicyclic) bond motifs is 1. The van der Waals surface area contributed by atoms with E-state index in [1.54, 1.807) is 11.1 Å². The van der Waals surface area contributed by atoms with Crippen LogP contribution in [0.2, 0.25) is 0 Å². The molecule has 0 bridgehead atoms. The fraction of sp³-hybridized carbons (Fsp3) is 0.455. The molecule has 31 heavy (non-hydrogen) atoms. The summed E-state index contributed by atoms with van der Waals surface area (Å²) in [4.78, 5) is 23.0. The third kappa shape index (κ3) is 4.98. The van der Waals surface area contributed by atoms with Crippen molar-refractivity contribution in [1.29, 1.82) is 0 Å². The molecule has 0 saturated carbocycles. The maximum atomic E-state index is 13.8. The zero-order chi connectivity index (χ0) is 22.0. The second kappa shape index (κ2) is 8.95. The Morgan fingerprint density at radius 2 is 2.06 bits per heavy atom. The Morgan fingerprint density at radius 1 is 1.29 bits per heavy atom. The Balaban J connectivity index is 1.32. The molecule has 3 heterocycles. The molecule has 0 atom stereocenters. The van der Waals surface area contributed by atoms with Gasteiger partial charge in [-0.2, -0.15) is 4.98 Å². The van der Waals surface area contributed by atoms with Gasteiger partial charge in [0, 0.05) is 31.4 Å². The molecule has 9 heteroatoms. The van der Waals surface area contributed by atoms with E-state index in [0.29, 0.717) is 43.5 Å². The van der Waals surface area contributed by atoms with Crippen LogP contribution >= 0.6 is 0 Å². The molecule has 0 radical (unpaired) electrons. The lowest BCUT2D eigenvalue weighted by molar-refractivity contribution is -0.131. The van der Waals surface area contributed by atoms with Gasteiger partial charge in [0.2, 0.25) is 11.9 Å². The molecule has 1 N–H and O–H groups in total. The molecule has 1 amide bonds. The van der Waals surface area contributed by atoms with Crippen molar-refractivity contribution in [2.24, 2.45) is 5.92 Å². The second-order valence-electron chi connectivity index (χ2n) is 8.35. The Bertz CT molecular complexity index is 1080. The highest BCUT2D eigenvalue weighted by atomic mass is 19.1. The van der Waals surface area contributed by atoms with Crippen molar-refractivity contribution in [1.82, 2.24) is 20.0 Å². The topological polar surface area (TPSA) is 84.2 Å². The lowest BCUT2D eigenvalue weighted by Crippen LogP contribution is -2.43. The number of nitrogens with one attached hydrogen (secondary N) is 1. The summed E-state index contributed by atoms with van der Waals surface area (Å²) < 4.78 is 32.2. The first kappa shape index (κ1) is 21.1. The van der Waals surface area contributed by atoms with Gasteiger partial charge < -0.3 is 14.7 Å². The third-order valence-corrected chi connectivity index (χ3v) is 5.45. The van der Waals surface area contributed by atoms with Gasteiger partial charge in [-0.3, -0.25) is 4.79 Å². The van der Waals surface area contributed by atoms with E-state index in [9.17, 15) is 13.6 Å². The molecule has 1 saturated heterocycles. The van der Waals surface area contributed by atoms with Crippen molar-refractivity contribution < 1.29 is 18.1 Å². The lowest BCUT2D eigenvalue weighted by Gasteiger charge is -2.32. The molecule has 3 aromatic rings. The minimum atomic E-state index is -0.693. The summed E-state index contributed by atoms with van der Waals surface area (Å²) in [5, 5.41) is 8.23. The van der Waals surface area contributed by atoms with Gasteiger partial charge in [0.25, 0.3) is 5.71 Å². The number of hydrogen-bond acceptors (Lipinski definition) is 6. The van der Waals surface area contributed by atoms with Crippen molar-refractivity contribution in [2.75, 3.05) is 18.4 Å². The summed E-state index contributed by atoms with van der Waals surface area (Å²) in [5.41, 5.74) is 1.53. The minimum Gasteiger partial charge on any atom is -0.351 e. The van der Waals surface area contributed by atoms with Crippen LogP contribution in [0.5, 0.6) is 0 Å². The third-order valence-electron chi connectivity index (χ3n) is 5.45. The summed E-state index contributed by atoms with van der Waals surface area (Å²) in [6, 6.07) is 3.40. The summed E-state index contributed by atoms with van der Waals surface area (Å²) in [7, 11) is 0. The Hall–Kier alpha value is -3.10. The van der Waals surface area contributed by atoms with Crippen molar-refractivity contribution in [3.05, 3.63) is 47.3 Å². The number of piperidine rings is 1. The number of benzene rings is 1. The highest BCUT2D eigenvalue weighted by Gasteiger charge is 2.24. The number of amides is 1. The number of halogens is 2. The van der Waals surface area contributed by atoms with E-state index < -0.39 is 11.6 Å². The number of rotatable bonds is 6. The lowest BCUT2D eigenvalue weighted by atomic mass is 10.0. The molecule has 0 unspecified atom stereocenters. The van der Waals surface area contributed by atoms with Gasteiger partial charge in [-0.05, 0) is 36.8 Å². The average molecular weight is 429 g/mol. The van der Waals surface area contributed by atoms with E-state index >= 15 is 0 Å². The summed E-state index contributed by atoms with van der Waals surface area (Å²) in [6.07, 6.45) is 3.89. The quantitative estimate of drug-likeness (QED) is 0.643. The van der Waals surface area contributed by atoms with Crippen LogP contribution < -0.4 is 5.32 Å².